The Bertz CT molecular complexity index is 1110. The molecule has 10 nitrogen and oxygen atoms in total. The van der Waals surface area contributed by atoms with Crippen LogP contribution in [-0.4, -0.2) is 97.0 Å². The van der Waals surface area contributed by atoms with Gasteiger partial charge in [0.2, 0.25) is 0 Å². The number of carbonyl (C=O) groups excluding carboxylic acids is 3. The van der Waals surface area contributed by atoms with Gasteiger partial charge in [-0.15, -0.1) is 0 Å². The van der Waals surface area contributed by atoms with E-state index in [1.54, 1.807) is 24.3 Å². The number of nitrogens with one attached hydrogen (secondary N) is 1. The van der Waals surface area contributed by atoms with Crippen LogP contribution in [0, 0.1) is 0 Å². The maximum Gasteiger partial charge on any atom is 0.338 e. The lowest BCUT2D eigenvalue weighted by Crippen LogP contribution is -2.47. The van der Waals surface area contributed by atoms with Crippen molar-refractivity contribution in [2.45, 2.75) is 45.6 Å². The molecule has 0 aliphatic carbocycles. The topological polar surface area (TPSA) is 106 Å². The number of nitrogens with zero attached hydrogens (tertiary/aromatic N) is 4. The van der Waals surface area contributed by atoms with Gasteiger partial charge in [-0.3, -0.25) is 14.3 Å². The summed E-state index contributed by atoms with van der Waals surface area (Å²) in [6.45, 7) is 7.77. The van der Waals surface area contributed by atoms with Crippen LogP contribution >= 0.6 is 0 Å². The fourth-order valence-corrected chi connectivity index (χ4v) is 4.81. The van der Waals surface area contributed by atoms with E-state index >= 15 is 0 Å². The van der Waals surface area contributed by atoms with Crippen molar-refractivity contribution >= 4 is 17.8 Å². The summed E-state index contributed by atoms with van der Waals surface area (Å²) in [7, 11) is 2.05. The van der Waals surface area contributed by atoms with Crippen LogP contribution in [0.2, 0.25) is 0 Å². The van der Waals surface area contributed by atoms with Gasteiger partial charge in [-0.1, -0.05) is 6.92 Å². The highest BCUT2D eigenvalue weighted by atomic mass is 16.5. The number of carbonyl (C=O) groups is 3. The number of hydrogen-bond acceptors (Lipinski definition) is 7. The first-order chi connectivity index (χ1) is 18.5. The minimum atomic E-state index is -0.422. The number of aryl methyl sites for hydroxylation is 2. The van der Waals surface area contributed by atoms with Crippen molar-refractivity contribution in [3.05, 3.63) is 52.3 Å². The summed E-state index contributed by atoms with van der Waals surface area (Å²) in [5.41, 5.74) is 3.37. The van der Waals surface area contributed by atoms with E-state index in [1.165, 1.54) is 0 Å². The SMILES string of the molecule is CCc1nn(CCCOC(=O)c2ccc(C(=O)N3CCN(C)CC3)cc2)c2c1C(=O)NCCCOCCC2. The Kier molecular flexibility index (Phi) is 9.89. The third-order valence-electron chi connectivity index (χ3n) is 7.05. The summed E-state index contributed by atoms with van der Waals surface area (Å²) in [4.78, 5) is 42.2. The number of piperazine rings is 1. The molecule has 0 saturated carbocycles. The van der Waals surface area contributed by atoms with E-state index in [1.807, 2.05) is 23.6 Å². The third-order valence-corrected chi connectivity index (χ3v) is 7.05. The molecule has 0 radical (unpaired) electrons. The van der Waals surface area contributed by atoms with Crippen molar-refractivity contribution in [2.75, 3.05) is 59.6 Å². The number of hydrogen-bond donors (Lipinski definition) is 1. The van der Waals surface area contributed by atoms with Crippen molar-refractivity contribution in [1.29, 1.82) is 0 Å². The Labute approximate surface area is 224 Å². The third kappa shape index (κ3) is 6.99. The number of amides is 2. The van der Waals surface area contributed by atoms with E-state index in [2.05, 4.69) is 10.2 Å². The first-order valence-electron chi connectivity index (χ1n) is 13.7. The van der Waals surface area contributed by atoms with Crippen molar-refractivity contribution < 1.29 is 23.9 Å². The van der Waals surface area contributed by atoms with Crippen LogP contribution in [0.25, 0.3) is 0 Å². The van der Waals surface area contributed by atoms with E-state index in [9.17, 15) is 14.4 Å². The van der Waals surface area contributed by atoms with E-state index in [-0.39, 0.29) is 18.4 Å². The van der Waals surface area contributed by atoms with Crippen molar-refractivity contribution in [1.82, 2.24) is 24.9 Å². The summed E-state index contributed by atoms with van der Waals surface area (Å²) in [6.07, 6.45) is 3.55. The fourth-order valence-electron chi connectivity index (χ4n) is 4.81. The second-order valence-corrected chi connectivity index (χ2v) is 9.83. The number of benzene rings is 1. The van der Waals surface area contributed by atoms with Gasteiger partial charge in [-0.05, 0) is 57.0 Å². The zero-order valence-corrected chi connectivity index (χ0v) is 22.5. The molecule has 0 unspecified atom stereocenters. The number of ether oxygens (including phenoxy) is 2. The molecule has 1 fully saturated rings. The highest BCUT2D eigenvalue weighted by molar-refractivity contribution is 5.97. The van der Waals surface area contributed by atoms with E-state index < -0.39 is 5.97 Å². The zero-order valence-electron chi connectivity index (χ0n) is 22.5. The number of aromatic nitrogens is 2. The lowest BCUT2D eigenvalue weighted by atomic mass is 10.1. The van der Waals surface area contributed by atoms with Crippen LogP contribution < -0.4 is 5.32 Å². The second kappa shape index (κ2) is 13.5. The Balaban J connectivity index is 1.31. The average Bonchev–Trinajstić information content (AvgIpc) is 3.27. The molecule has 38 heavy (non-hydrogen) atoms. The van der Waals surface area contributed by atoms with Crippen molar-refractivity contribution in [2.24, 2.45) is 0 Å². The molecule has 1 N–H and O–H groups in total. The molecule has 0 bridgehead atoms. The number of rotatable bonds is 7. The number of fused-ring (bicyclic) bond motifs is 1. The Morgan fingerprint density at radius 3 is 2.50 bits per heavy atom. The summed E-state index contributed by atoms with van der Waals surface area (Å²) < 4.78 is 13.0. The highest BCUT2D eigenvalue weighted by Crippen LogP contribution is 2.19. The molecule has 2 amide bonds. The molecule has 2 aromatic rings. The molecule has 1 aromatic carbocycles. The molecule has 2 aliphatic heterocycles. The molecule has 10 heteroatoms. The molecule has 206 valence electrons. The van der Waals surface area contributed by atoms with Gasteiger partial charge in [0.1, 0.15) is 0 Å². The van der Waals surface area contributed by atoms with Gasteiger partial charge in [0, 0.05) is 64.5 Å². The standard InChI is InChI=1S/C28H39N5O5/c1-3-23-25-24(7-4-18-37-19-5-12-29-26(25)34)33(30-23)13-6-20-38-28(36)22-10-8-21(9-11-22)27(35)32-16-14-31(2)15-17-32/h8-11H,3-7,12-20H2,1-2H3,(H,29,34). The number of likely N-dealkylation sites (N-methyl/N-ethyl adjacent to an activating group) is 1. The van der Waals surface area contributed by atoms with Gasteiger partial charge in [0.05, 0.1) is 29.1 Å². The zero-order chi connectivity index (χ0) is 26.9. The molecule has 0 spiro atoms. The first-order valence-corrected chi connectivity index (χ1v) is 13.7. The van der Waals surface area contributed by atoms with Crippen LogP contribution in [0.15, 0.2) is 24.3 Å². The monoisotopic (exact) mass is 525 g/mol. The molecule has 4 rings (SSSR count). The van der Waals surface area contributed by atoms with E-state index in [0.29, 0.717) is 75.3 Å². The Hall–Kier alpha value is -3.24. The number of esters is 1. The van der Waals surface area contributed by atoms with Gasteiger partial charge < -0.3 is 24.6 Å². The summed E-state index contributed by atoms with van der Waals surface area (Å²) in [6, 6.07) is 6.66. The van der Waals surface area contributed by atoms with Gasteiger partial charge in [0.25, 0.3) is 11.8 Å². The largest absolute Gasteiger partial charge is 0.462 e. The van der Waals surface area contributed by atoms with Gasteiger partial charge in [-0.25, -0.2) is 4.79 Å². The average molecular weight is 526 g/mol. The predicted molar refractivity (Wildman–Crippen MR) is 142 cm³/mol. The molecule has 1 aromatic heterocycles. The molecule has 2 aliphatic rings. The second-order valence-electron chi connectivity index (χ2n) is 9.83. The van der Waals surface area contributed by atoms with Crippen LogP contribution in [-0.2, 0) is 28.9 Å². The molecular formula is C28H39N5O5. The smallest absolute Gasteiger partial charge is 0.338 e. The van der Waals surface area contributed by atoms with E-state index in [4.69, 9.17) is 14.6 Å². The summed E-state index contributed by atoms with van der Waals surface area (Å²) in [5.74, 6) is -0.513. The lowest BCUT2D eigenvalue weighted by Gasteiger charge is -2.32. The van der Waals surface area contributed by atoms with Crippen LogP contribution in [0.5, 0.6) is 0 Å². The molecular weight excluding hydrogens is 486 g/mol. The fraction of sp³-hybridized carbons (Fsp3) is 0.571. The van der Waals surface area contributed by atoms with Gasteiger partial charge in [0.15, 0.2) is 0 Å². The molecule has 1 saturated heterocycles. The lowest BCUT2D eigenvalue weighted by molar-refractivity contribution is 0.0493. The normalized spacial score (nSPS) is 17.3. The summed E-state index contributed by atoms with van der Waals surface area (Å²) >= 11 is 0. The predicted octanol–water partition coefficient (Wildman–Crippen LogP) is 2.16. The Morgan fingerprint density at radius 2 is 1.76 bits per heavy atom. The van der Waals surface area contributed by atoms with Crippen molar-refractivity contribution in [3.8, 4) is 0 Å². The molecule has 3 heterocycles. The quantitative estimate of drug-likeness (QED) is 0.436. The highest BCUT2D eigenvalue weighted by Gasteiger charge is 2.23. The Morgan fingerprint density at radius 1 is 1.05 bits per heavy atom. The van der Waals surface area contributed by atoms with Crippen LogP contribution in [0.4, 0.5) is 0 Å². The van der Waals surface area contributed by atoms with Gasteiger partial charge >= 0.3 is 5.97 Å². The maximum atomic E-state index is 12.9. The molecule has 0 atom stereocenters. The van der Waals surface area contributed by atoms with Crippen LogP contribution in [0.1, 0.15) is 68.6 Å². The maximum absolute atomic E-state index is 12.9. The first kappa shape index (κ1) is 27.8. The van der Waals surface area contributed by atoms with Gasteiger partial charge in [-0.2, -0.15) is 5.10 Å². The minimum Gasteiger partial charge on any atom is -0.462 e. The minimum absolute atomic E-state index is 0.0132. The van der Waals surface area contributed by atoms with Crippen LogP contribution in [0.3, 0.4) is 0 Å². The van der Waals surface area contributed by atoms with E-state index in [0.717, 1.165) is 37.3 Å². The van der Waals surface area contributed by atoms with Crippen molar-refractivity contribution in [3.63, 3.8) is 0 Å². The summed E-state index contributed by atoms with van der Waals surface area (Å²) in [5, 5.41) is 7.70.